The summed E-state index contributed by atoms with van der Waals surface area (Å²) < 4.78 is 5.17. The van der Waals surface area contributed by atoms with Gasteiger partial charge >= 0.3 is 0 Å². The van der Waals surface area contributed by atoms with Crippen molar-refractivity contribution < 1.29 is 9.84 Å². The maximum absolute atomic E-state index is 10.2. The second kappa shape index (κ2) is 10.6. The molecule has 1 aromatic carbocycles. The molecule has 1 aliphatic heterocycles. The van der Waals surface area contributed by atoms with Crippen LogP contribution in [0.3, 0.4) is 0 Å². The number of guanidine groups is 1. The Morgan fingerprint density at radius 3 is 2.63 bits per heavy atom. The van der Waals surface area contributed by atoms with Crippen molar-refractivity contribution >= 4 is 46.3 Å². The summed E-state index contributed by atoms with van der Waals surface area (Å²) in [6, 6.07) is 9.76. The van der Waals surface area contributed by atoms with E-state index >= 15 is 0 Å². The molecule has 0 spiro atoms. The van der Waals surface area contributed by atoms with Crippen LogP contribution in [-0.2, 0) is 6.54 Å². The number of para-hydroxylation sites is 1. The van der Waals surface area contributed by atoms with Crippen LogP contribution in [0, 0.1) is 0 Å². The number of nitrogens with zero attached hydrogens (tertiary/aromatic N) is 3. The molecule has 1 aromatic heterocycles. The number of piperazine rings is 1. The van der Waals surface area contributed by atoms with Crippen LogP contribution in [0.25, 0.3) is 0 Å². The van der Waals surface area contributed by atoms with Gasteiger partial charge in [-0.1, -0.05) is 12.1 Å². The summed E-state index contributed by atoms with van der Waals surface area (Å²) in [5.74, 6) is 1.53. The predicted molar refractivity (Wildman–Crippen MR) is 123 cm³/mol. The van der Waals surface area contributed by atoms with Gasteiger partial charge in [-0.15, -0.1) is 35.3 Å². The summed E-state index contributed by atoms with van der Waals surface area (Å²) in [7, 11) is 1.55. The zero-order chi connectivity index (χ0) is 18.4. The van der Waals surface area contributed by atoms with Gasteiger partial charge in [0, 0.05) is 38.3 Å². The number of aliphatic imine (C=N–C) groups is 1. The van der Waals surface area contributed by atoms with Crippen molar-refractivity contribution in [1.82, 2.24) is 10.2 Å². The Morgan fingerprint density at radius 2 is 2.00 bits per heavy atom. The normalized spacial score (nSPS) is 14.7. The Labute approximate surface area is 181 Å². The number of hydrogen-bond donors (Lipinski definition) is 2. The van der Waals surface area contributed by atoms with E-state index in [9.17, 15) is 5.11 Å². The Kier molecular flexibility index (Phi) is 8.49. The molecule has 2 N–H and O–H groups in total. The fraction of sp³-hybridized carbons (Fsp3) is 0.421. The van der Waals surface area contributed by atoms with Crippen molar-refractivity contribution in [3.63, 3.8) is 0 Å². The summed E-state index contributed by atoms with van der Waals surface area (Å²) in [5.41, 5.74) is 0.761. The van der Waals surface area contributed by atoms with E-state index in [0.717, 1.165) is 44.2 Å². The van der Waals surface area contributed by atoms with Crippen molar-refractivity contribution in [1.29, 1.82) is 0 Å². The predicted octanol–water partition coefficient (Wildman–Crippen LogP) is 3.37. The highest BCUT2D eigenvalue weighted by Crippen LogP contribution is 2.29. The van der Waals surface area contributed by atoms with E-state index in [4.69, 9.17) is 9.73 Å². The van der Waals surface area contributed by atoms with E-state index < -0.39 is 0 Å². The topological polar surface area (TPSA) is 60.3 Å². The zero-order valence-corrected chi connectivity index (χ0v) is 18.9. The molecule has 2 aromatic rings. The first-order valence-corrected chi connectivity index (χ1v) is 9.77. The lowest BCUT2D eigenvalue weighted by Crippen LogP contribution is -2.52. The van der Waals surface area contributed by atoms with Crippen molar-refractivity contribution in [3.05, 3.63) is 41.3 Å². The number of phenols is 1. The van der Waals surface area contributed by atoms with E-state index in [0.29, 0.717) is 12.3 Å². The minimum atomic E-state index is 0. The Balaban J connectivity index is 0.00000261. The van der Waals surface area contributed by atoms with Crippen molar-refractivity contribution in [2.75, 3.05) is 44.7 Å². The molecule has 3 rings (SSSR count). The lowest BCUT2D eigenvalue weighted by molar-refractivity contribution is 0.368. The van der Waals surface area contributed by atoms with E-state index in [1.165, 1.54) is 5.00 Å². The number of halogens is 1. The number of aromatic hydroxyl groups is 1. The van der Waals surface area contributed by atoms with Gasteiger partial charge in [0.25, 0.3) is 0 Å². The van der Waals surface area contributed by atoms with Gasteiger partial charge in [-0.25, -0.2) is 4.99 Å². The molecular formula is C19H27IN4O2S. The monoisotopic (exact) mass is 502 g/mol. The van der Waals surface area contributed by atoms with Crippen LogP contribution < -0.4 is 15.0 Å². The van der Waals surface area contributed by atoms with Crippen molar-refractivity contribution in [2.24, 2.45) is 4.99 Å². The van der Waals surface area contributed by atoms with Crippen LogP contribution in [0.15, 0.2) is 40.7 Å². The van der Waals surface area contributed by atoms with E-state index in [1.54, 1.807) is 24.5 Å². The van der Waals surface area contributed by atoms with Gasteiger partial charge in [0.15, 0.2) is 17.5 Å². The van der Waals surface area contributed by atoms with Crippen LogP contribution >= 0.6 is 35.3 Å². The van der Waals surface area contributed by atoms with Gasteiger partial charge in [0.2, 0.25) is 0 Å². The molecule has 27 heavy (non-hydrogen) atoms. The minimum absolute atomic E-state index is 0. The van der Waals surface area contributed by atoms with Crippen LogP contribution in [0.2, 0.25) is 0 Å². The summed E-state index contributed by atoms with van der Waals surface area (Å²) in [6.07, 6.45) is 0. The van der Waals surface area contributed by atoms with E-state index in [-0.39, 0.29) is 29.7 Å². The number of nitrogens with one attached hydrogen (secondary N) is 1. The molecule has 0 radical (unpaired) electrons. The second-order valence-electron chi connectivity index (χ2n) is 6.06. The fourth-order valence-corrected chi connectivity index (χ4v) is 3.82. The summed E-state index contributed by atoms with van der Waals surface area (Å²) in [6.45, 7) is 7.11. The molecule has 0 bridgehead atoms. The fourth-order valence-electron chi connectivity index (χ4n) is 3.03. The number of methoxy groups -OCH3 is 1. The molecule has 0 unspecified atom stereocenters. The van der Waals surface area contributed by atoms with E-state index in [1.807, 2.05) is 12.1 Å². The first-order valence-electron chi connectivity index (χ1n) is 8.89. The smallest absolute Gasteiger partial charge is 0.194 e. The number of thiophene rings is 1. The van der Waals surface area contributed by atoms with Crippen LogP contribution in [-0.4, -0.2) is 55.8 Å². The van der Waals surface area contributed by atoms with Crippen molar-refractivity contribution in [3.8, 4) is 11.5 Å². The van der Waals surface area contributed by atoms with Crippen LogP contribution in [0.4, 0.5) is 5.00 Å². The Bertz CT molecular complexity index is 731. The van der Waals surface area contributed by atoms with E-state index in [2.05, 4.69) is 39.6 Å². The number of phenolic OH excluding ortho intramolecular Hbond substituents is 1. The second-order valence-corrected chi connectivity index (χ2v) is 6.99. The molecule has 1 fully saturated rings. The van der Waals surface area contributed by atoms with Gasteiger partial charge < -0.3 is 25.0 Å². The molecule has 0 amide bonds. The molecule has 0 atom stereocenters. The molecule has 0 aliphatic carbocycles. The third-order valence-corrected chi connectivity index (χ3v) is 5.36. The molecule has 0 saturated carbocycles. The zero-order valence-electron chi connectivity index (χ0n) is 15.7. The Morgan fingerprint density at radius 1 is 1.22 bits per heavy atom. The standard InChI is InChI=1S/C19H26N4O2S.HI/c1-3-20-19(21-14-15-6-4-7-16(25-2)18(15)24)23-11-9-22(10-12-23)17-8-5-13-26-17;/h4-8,13,24H,3,9-12,14H2,1-2H3,(H,20,21);1H. The lowest BCUT2D eigenvalue weighted by Gasteiger charge is -2.37. The summed E-state index contributed by atoms with van der Waals surface area (Å²) in [4.78, 5) is 9.43. The molecule has 2 heterocycles. The number of ether oxygens (including phenoxy) is 1. The molecular weight excluding hydrogens is 475 g/mol. The first-order chi connectivity index (χ1) is 12.7. The highest BCUT2D eigenvalue weighted by molar-refractivity contribution is 14.0. The number of benzene rings is 1. The number of rotatable bonds is 5. The quantitative estimate of drug-likeness (QED) is 0.373. The van der Waals surface area contributed by atoms with Gasteiger partial charge in [-0.2, -0.15) is 0 Å². The number of hydrogen-bond acceptors (Lipinski definition) is 5. The highest BCUT2D eigenvalue weighted by Gasteiger charge is 2.20. The molecule has 148 valence electrons. The van der Waals surface area contributed by atoms with Gasteiger partial charge in [-0.3, -0.25) is 0 Å². The third kappa shape index (κ3) is 5.41. The van der Waals surface area contributed by atoms with Crippen LogP contribution in [0.1, 0.15) is 12.5 Å². The summed E-state index contributed by atoms with van der Waals surface area (Å²) >= 11 is 1.78. The molecule has 1 saturated heterocycles. The van der Waals surface area contributed by atoms with Crippen LogP contribution in [0.5, 0.6) is 11.5 Å². The molecule has 8 heteroatoms. The first kappa shape index (κ1) is 21.6. The largest absolute Gasteiger partial charge is 0.504 e. The number of anilines is 1. The maximum atomic E-state index is 10.2. The van der Waals surface area contributed by atoms with Gasteiger partial charge in [0.1, 0.15) is 0 Å². The van der Waals surface area contributed by atoms with Crippen molar-refractivity contribution in [2.45, 2.75) is 13.5 Å². The average Bonchev–Trinajstić information content (AvgIpc) is 3.21. The molecule has 1 aliphatic rings. The SMILES string of the molecule is CCNC(=NCc1cccc(OC)c1O)N1CCN(c2cccs2)CC1.I. The van der Waals surface area contributed by atoms with Gasteiger partial charge in [-0.05, 0) is 30.5 Å². The lowest BCUT2D eigenvalue weighted by atomic mass is 10.2. The average molecular weight is 502 g/mol. The summed E-state index contributed by atoms with van der Waals surface area (Å²) in [5, 5.41) is 17.1. The highest BCUT2D eigenvalue weighted by atomic mass is 127. The molecule has 6 nitrogen and oxygen atoms in total. The minimum Gasteiger partial charge on any atom is -0.504 e. The van der Waals surface area contributed by atoms with Gasteiger partial charge in [0.05, 0.1) is 18.7 Å². The Hall–Kier alpha value is -1.68. The third-order valence-electron chi connectivity index (χ3n) is 4.43. The maximum Gasteiger partial charge on any atom is 0.194 e.